The van der Waals surface area contributed by atoms with Crippen LogP contribution in [0.25, 0.3) is 11.1 Å². The monoisotopic (exact) mass is 292 g/mol. The first-order valence-electron chi connectivity index (χ1n) is 6.72. The van der Waals surface area contributed by atoms with Gasteiger partial charge in [-0.2, -0.15) is 0 Å². The number of nitrogen functional groups attached to an aromatic ring is 2. The van der Waals surface area contributed by atoms with Gasteiger partial charge in [0, 0.05) is 26.6 Å². The Balaban J connectivity index is 2.02. The van der Waals surface area contributed by atoms with Gasteiger partial charge in [0.05, 0.1) is 5.69 Å². The minimum atomic E-state index is 0.742. The predicted octanol–water partition coefficient (Wildman–Crippen LogP) is 4.67. The molecule has 0 aliphatic carbocycles. The molecule has 0 atom stereocenters. The molecule has 0 amide bonds. The van der Waals surface area contributed by atoms with E-state index in [2.05, 4.69) is 12.1 Å². The molecule has 0 saturated carbocycles. The Labute approximate surface area is 128 Å². The van der Waals surface area contributed by atoms with Crippen LogP contribution in [0.3, 0.4) is 0 Å². The van der Waals surface area contributed by atoms with E-state index in [1.807, 2.05) is 60.7 Å². The second-order valence-electron chi connectivity index (χ2n) is 4.72. The SMILES string of the molecule is Nc1ccccc1-c1cccc(Sc2ccccc2)c1N. The molecule has 0 aliphatic heterocycles. The maximum absolute atomic E-state index is 6.36. The molecular formula is C18H16N2S. The molecule has 0 spiro atoms. The zero-order valence-corrected chi connectivity index (χ0v) is 12.3. The maximum Gasteiger partial charge on any atom is 0.0536 e. The number of nitrogens with two attached hydrogens (primary N) is 2. The molecule has 0 bridgehead atoms. The van der Waals surface area contributed by atoms with Crippen molar-refractivity contribution in [2.24, 2.45) is 0 Å². The summed E-state index contributed by atoms with van der Waals surface area (Å²) in [7, 11) is 0. The minimum absolute atomic E-state index is 0.742. The second-order valence-corrected chi connectivity index (χ2v) is 5.84. The van der Waals surface area contributed by atoms with Crippen LogP contribution in [0.5, 0.6) is 0 Å². The second kappa shape index (κ2) is 5.94. The van der Waals surface area contributed by atoms with Gasteiger partial charge in [0.1, 0.15) is 0 Å². The van der Waals surface area contributed by atoms with Crippen LogP contribution in [0.2, 0.25) is 0 Å². The smallest absolute Gasteiger partial charge is 0.0536 e. The molecule has 0 aliphatic rings. The first kappa shape index (κ1) is 13.6. The summed E-state index contributed by atoms with van der Waals surface area (Å²) in [5.74, 6) is 0. The molecule has 21 heavy (non-hydrogen) atoms. The number of para-hydroxylation sites is 2. The predicted molar refractivity (Wildman–Crippen MR) is 91.3 cm³/mol. The van der Waals surface area contributed by atoms with Crippen molar-refractivity contribution in [3.63, 3.8) is 0 Å². The first-order chi connectivity index (χ1) is 10.3. The molecule has 3 rings (SSSR count). The molecular weight excluding hydrogens is 276 g/mol. The third-order valence-corrected chi connectivity index (χ3v) is 4.37. The van der Waals surface area contributed by atoms with Crippen LogP contribution < -0.4 is 11.5 Å². The van der Waals surface area contributed by atoms with Crippen LogP contribution in [0.1, 0.15) is 0 Å². The highest BCUT2D eigenvalue weighted by atomic mass is 32.2. The number of rotatable bonds is 3. The van der Waals surface area contributed by atoms with E-state index in [1.165, 1.54) is 4.90 Å². The van der Waals surface area contributed by atoms with Crippen molar-refractivity contribution in [1.29, 1.82) is 0 Å². The minimum Gasteiger partial charge on any atom is -0.398 e. The van der Waals surface area contributed by atoms with Gasteiger partial charge in [-0.1, -0.05) is 60.3 Å². The highest BCUT2D eigenvalue weighted by molar-refractivity contribution is 7.99. The number of hydrogen-bond donors (Lipinski definition) is 2. The Bertz CT molecular complexity index is 754. The van der Waals surface area contributed by atoms with Crippen molar-refractivity contribution in [2.75, 3.05) is 11.5 Å². The summed E-state index contributed by atoms with van der Waals surface area (Å²) < 4.78 is 0. The van der Waals surface area contributed by atoms with E-state index in [-0.39, 0.29) is 0 Å². The average molecular weight is 292 g/mol. The van der Waals surface area contributed by atoms with Crippen LogP contribution in [-0.4, -0.2) is 0 Å². The topological polar surface area (TPSA) is 52.0 Å². The summed E-state index contributed by atoms with van der Waals surface area (Å²) >= 11 is 1.66. The van der Waals surface area contributed by atoms with Crippen LogP contribution in [0.15, 0.2) is 82.6 Å². The fourth-order valence-electron chi connectivity index (χ4n) is 2.23. The summed E-state index contributed by atoms with van der Waals surface area (Å²) in [6.07, 6.45) is 0. The maximum atomic E-state index is 6.36. The Morgan fingerprint density at radius 1 is 0.619 bits per heavy atom. The van der Waals surface area contributed by atoms with Gasteiger partial charge in [0.2, 0.25) is 0 Å². The molecule has 0 saturated heterocycles. The quantitative estimate of drug-likeness (QED) is 0.690. The number of benzene rings is 3. The highest BCUT2D eigenvalue weighted by Gasteiger charge is 2.10. The van der Waals surface area contributed by atoms with Crippen LogP contribution in [0, 0.1) is 0 Å². The van der Waals surface area contributed by atoms with E-state index in [0.29, 0.717) is 0 Å². The van der Waals surface area contributed by atoms with Crippen LogP contribution in [-0.2, 0) is 0 Å². The fraction of sp³-hybridized carbons (Fsp3) is 0. The Morgan fingerprint density at radius 3 is 2.05 bits per heavy atom. The summed E-state index contributed by atoms with van der Waals surface area (Å²) in [4.78, 5) is 2.21. The molecule has 0 aromatic heterocycles. The van der Waals surface area contributed by atoms with Gasteiger partial charge in [-0.3, -0.25) is 0 Å². The number of anilines is 2. The summed E-state index contributed by atoms with van der Waals surface area (Å²) in [6.45, 7) is 0. The molecule has 104 valence electrons. The van der Waals surface area contributed by atoms with Crippen molar-refractivity contribution >= 4 is 23.1 Å². The largest absolute Gasteiger partial charge is 0.398 e. The molecule has 2 nitrogen and oxygen atoms in total. The normalized spacial score (nSPS) is 10.5. The van der Waals surface area contributed by atoms with Gasteiger partial charge in [-0.25, -0.2) is 0 Å². The van der Waals surface area contributed by atoms with E-state index >= 15 is 0 Å². The van der Waals surface area contributed by atoms with Crippen molar-refractivity contribution in [3.8, 4) is 11.1 Å². The van der Waals surface area contributed by atoms with Gasteiger partial charge in [0.25, 0.3) is 0 Å². The molecule has 3 aromatic carbocycles. The molecule has 0 heterocycles. The molecule has 0 fully saturated rings. The van der Waals surface area contributed by atoms with E-state index in [0.717, 1.165) is 27.4 Å². The molecule has 0 radical (unpaired) electrons. The zero-order valence-electron chi connectivity index (χ0n) is 11.5. The number of hydrogen-bond acceptors (Lipinski definition) is 3. The lowest BCUT2D eigenvalue weighted by Crippen LogP contribution is -1.96. The van der Waals surface area contributed by atoms with Crippen molar-refractivity contribution in [3.05, 3.63) is 72.8 Å². The lowest BCUT2D eigenvalue weighted by Gasteiger charge is -2.12. The first-order valence-corrected chi connectivity index (χ1v) is 7.53. The van der Waals surface area contributed by atoms with Crippen LogP contribution in [0.4, 0.5) is 11.4 Å². The third-order valence-electron chi connectivity index (χ3n) is 3.29. The van der Waals surface area contributed by atoms with Gasteiger partial charge >= 0.3 is 0 Å². The van der Waals surface area contributed by atoms with Gasteiger partial charge < -0.3 is 11.5 Å². The lowest BCUT2D eigenvalue weighted by atomic mass is 10.0. The van der Waals surface area contributed by atoms with Crippen molar-refractivity contribution in [2.45, 2.75) is 9.79 Å². The highest BCUT2D eigenvalue weighted by Crippen LogP contribution is 2.39. The summed E-state index contributed by atoms with van der Waals surface area (Å²) in [6, 6.07) is 24.1. The molecule has 3 heteroatoms. The standard InChI is InChI=1S/C18H16N2S/c19-16-11-5-4-9-14(16)15-10-6-12-17(18(15)20)21-13-7-2-1-3-8-13/h1-12H,19-20H2. The lowest BCUT2D eigenvalue weighted by molar-refractivity contribution is 1.41. The Hall–Kier alpha value is -2.39. The van der Waals surface area contributed by atoms with Crippen LogP contribution >= 0.6 is 11.8 Å². The Morgan fingerprint density at radius 2 is 1.29 bits per heavy atom. The van der Waals surface area contributed by atoms with E-state index in [9.17, 15) is 0 Å². The molecule has 0 unspecified atom stereocenters. The van der Waals surface area contributed by atoms with Gasteiger partial charge in [-0.15, -0.1) is 0 Å². The van der Waals surface area contributed by atoms with E-state index in [1.54, 1.807) is 11.8 Å². The molecule has 3 aromatic rings. The van der Waals surface area contributed by atoms with Crippen molar-refractivity contribution in [1.82, 2.24) is 0 Å². The van der Waals surface area contributed by atoms with Crippen molar-refractivity contribution < 1.29 is 0 Å². The van der Waals surface area contributed by atoms with Gasteiger partial charge in [0.15, 0.2) is 0 Å². The average Bonchev–Trinajstić information content (AvgIpc) is 2.51. The van der Waals surface area contributed by atoms with E-state index < -0.39 is 0 Å². The third kappa shape index (κ3) is 2.88. The summed E-state index contributed by atoms with van der Waals surface area (Å²) in [5, 5.41) is 0. The molecule has 4 N–H and O–H groups in total. The summed E-state index contributed by atoms with van der Waals surface area (Å²) in [5.41, 5.74) is 15.9. The zero-order chi connectivity index (χ0) is 14.7. The van der Waals surface area contributed by atoms with E-state index in [4.69, 9.17) is 11.5 Å². The van der Waals surface area contributed by atoms with Gasteiger partial charge in [-0.05, 0) is 24.3 Å². The fourth-order valence-corrected chi connectivity index (χ4v) is 3.14. The Kier molecular flexibility index (Phi) is 3.84.